The molecule has 0 bridgehead atoms. The van der Waals surface area contributed by atoms with E-state index in [1.165, 1.54) is 0 Å². The Bertz CT molecular complexity index is 675. The van der Waals surface area contributed by atoms with E-state index in [1.54, 1.807) is 42.5 Å². The van der Waals surface area contributed by atoms with E-state index in [0.29, 0.717) is 43.1 Å². The Balaban J connectivity index is 2.57. The second-order valence-corrected chi connectivity index (χ2v) is 5.63. The van der Waals surface area contributed by atoms with Crippen molar-refractivity contribution in [2.24, 2.45) is 0 Å². The van der Waals surface area contributed by atoms with Crippen molar-refractivity contribution in [3.8, 4) is 0 Å². The maximum atomic E-state index is 11.4. The van der Waals surface area contributed by atoms with Gasteiger partial charge >= 0.3 is 0 Å². The van der Waals surface area contributed by atoms with Crippen LogP contribution in [0.25, 0.3) is 10.6 Å². The van der Waals surface area contributed by atoms with Gasteiger partial charge in [-0.25, -0.2) is 0 Å². The highest BCUT2D eigenvalue weighted by molar-refractivity contribution is 6.56. The number of carbonyl (C=O) groups is 1. The number of hydrogen-bond donors (Lipinski definition) is 0. The minimum atomic E-state index is 0.302. The molecule has 0 saturated carbocycles. The first-order chi connectivity index (χ1) is 9.52. The minimum absolute atomic E-state index is 0.302. The lowest BCUT2D eigenvalue weighted by Gasteiger charge is -2.08. The van der Waals surface area contributed by atoms with Gasteiger partial charge in [0.1, 0.15) is 0 Å². The minimum Gasteiger partial charge on any atom is -0.298 e. The second-order valence-electron chi connectivity index (χ2n) is 3.98. The van der Waals surface area contributed by atoms with Crippen molar-refractivity contribution in [2.45, 2.75) is 0 Å². The maximum absolute atomic E-state index is 11.4. The highest BCUT2D eigenvalue weighted by Gasteiger charge is 2.12. The van der Waals surface area contributed by atoms with E-state index in [4.69, 9.17) is 46.4 Å². The van der Waals surface area contributed by atoms with Gasteiger partial charge in [-0.2, -0.15) is 0 Å². The number of allylic oxidation sites excluding steroid dienone is 1. The molecule has 0 atom stereocenters. The molecule has 20 heavy (non-hydrogen) atoms. The molecule has 0 aliphatic heterocycles. The van der Waals surface area contributed by atoms with Gasteiger partial charge in [-0.1, -0.05) is 64.6 Å². The summed E-state index contributed by atoms with van der Waals surface area (Å²) in [5.41, 5.74) is 1.52. The number of carbonyl (C=O) groups excluding carboxylic acids is 1. The first-order valence-electron chi connectivity index (χ1n) is 5.59. The van der Waals surface area contributed by atoms with Gasteiger partial charge in [0, 0.05) is 21.2 Å². The van der Waals surface area contributed by atoms with Crippen molar-refractivity contribution in [2.75, 3.05) is 0 Å². The van der Waals surface area contributed by atoms with Crippen molar-refractivity contribution in [3.63, 3.8) is 0 Å². The van der Waals surface area contributed by atoms with Crippen LogP contribution in [0, 0.1) is 0 Å². The third-order valence-corrected chi connectivity index (χ3v) is 3.89. The summed E-state index contributed by atoms with van der Waals surface area (Å²) >= 11 is 24.1. The van der Waals surface area contributed by atoms with Crippen LogP contribution in [0.5, 0.6) is 0 Å². The van der Waals surface area contributed by atoms with Gasteiger partial charge in [-0.15, -0.1) is 0 Å². The number of aldehydes is 1. The number of benzene rings is 2. The quantitative estimate of drug-likeness (QED) is 0.381. The topological polar surface area (TPSA) is 17.1 Å². The molecule has 0 spiro atoms. The molecule has 0 amide bonds. The zero-order chi connectivity index (χ0) is 14.7. The maximum Gasteiger partial charge on any atom is 0.152 e. The van der Waals surface area contributed by atoms with Crippen molar-refractivity contribution in [3.05, 3.63) is 68.7 Å². The molecule has 0 radical (unpaired) electrons. The van der Waals surface area contributed by atoms with Crippen LogP contribution in [0.2, 0.25) is 15.1 Å². The first kappa shape index (κ1) is 15.4. The van der Waals surface area contributed by atoms with Crippen LogP contribution in [-0.4, -0.2) is 6.29 Å². The van der Waals surface area contributed by atoms with E-state index in [0.717, 1.165) is 0 Å². The van der Waals surface area contributed by atoms with Crippen molar-refractivity contribution in [1.82, 2.24) is 0 Å². The predicted molar refractivity (Wildman–Crippen MR) is 86.6 cm³/mol. The Kier molecular flexibility index (Phi) is 5.11. The average Bonchev–Trinajstić information content (AvgIpc) is 2.42. The zero-order valence-electron chi connectivity index (χ0n) is 10.0. The Hall–Kier alpha value is -0.990. The summed E-state index contributed by atoms with van der Waals surface area (Å²) in [5.74, 6) is 0. The zero-order valence-corrected chi connectivity index (χ0v) is 13.1. The second kappa shape index (κ2) is 6.64. The van der Waals surface area contributed by atoms with Gasteiger partial charge in [0.05, 0.1) is 10.1 Å². The van der Waals surface area contributed by atoms with Crippen molar-refractivity contribution >= 4 is 63.3 Å². The molecular formula is C15H8Cl4O. The highest BCUT2D eigenvalue weighted by Crippen LogP contribution is 2.33. The van der Waals surface area contributed by atoms with E-state index in [9.17, 15) is 4.79 Å². The largest absolute Gasteiger partial charge is 0.298 e. The van der Waals surface area contributed by atoms with Gasteiger partial charge in [0.15, 0.2) is 6.29 Å². The van der Waals surface area contributed by atoms with Crippen LogP contribution in [0.15, 0.2) is 42.5 Å². The molecule has 1 nitrogen and oxygen atoms in total. The summed E-state index contributed by atoms with van der Waals surface area (Å²) in [5, 5.41) is 1.76. The molecule has 102 valence electrons. The average molecular weight is 346 g/mol. The summed E-state index contributed by atoms with van der Waals surface area (Å²) in [6.07, 6.45) is 0.673. The molecule has 2 aromatic rings. The predicted octanol–water partition coefficient (Wildman–Crippen LogP) is 5.95. The lowest BCUT2D eigenvalue weighted by atomic mass is 10.0. The summed E-state index contributed by atoms with van der Waals surface area (Å²) in [6, 6.07) is 11.7. The number of hydrogen-bond acceptors (Lipinski definition) is 1. The molecule has 0 heterocycles. The van der Waals surface area contributed by atoms with Crippen LogP contribution in [-0.2, 0) is 4.79 Å². The third kappa shape index (κ3) is 3.36. The van der Waals surface area contributed by atoms with Gasteiger partial charge in [-0.3, -0.25) is 4.79 Å². The molecule has 0 fully saturated rings. The molecule has 5 heteroatoms. The summed E-state index contributed by atoms with van der Waals surface area (Å²) < 4.78 is 0. The normalized spacial score (nSPS) is 12.0. The third-order valence-electron chi connectivity index (χ3n) is 2.67. The van der Waals surface area contributed by atoms with Crippen LogP contribution >= 0.6 is 46.4 Å². The van der Waals surface area contributed by atoms with E-state index in [2.05, 4.69) is 0 Å². The van der Waals surface area contributed by atoms with E-state index >= 15 is 0 Å². The van der Waals surface area contributed by atoms with Crippen molar-refractivity contribution < 1.29 is 4.79 Å². The van der Waals surface area contributed by atoms with E-state index in [1.807, 2.05) is 0 Å². The van der Waals surface area contributed by atoms with Crippen LogP contribution in [0.1, 0.15) is 11.1 Å². The molecule has 0 unspecified atom stereocenters. The van der Waals surface area contributed by atoms with Crippen LogP contribution in [0.4, 0.5) is 0 Å². The molecule has 2 rings (SSSR count). The smallest absolute Gasteiger partial charge is 0.152 e. The number of rotatable bonds is 3. The van der Waals surface area contributed by atoms with E-state index < -0.39 is 0 Å². The number of halogens is 4. The molecule has 2 aromatic carbocycles. The molecule has 0 aliphatic rings. The van der Waals surface area contributed by atoms with Gasteiger partial charge in [0.25, 0.3) is 0 Å². The fourth-order valence-electron chi connectivity index (χ4n) is 1.69. The molecule has 0 N–H and O–H groups in total. The summed E-state index contributed by atoms with van der Waals surface area (Å²) in [4.78, 5) is 11.4. The fourth-order valence-corrected chi connectivity index (χ4v) is 2.60. The van der Waals surface area contributed by atoms with Crippen LogP contribution < -0.4 is 0 Å². The van der Waals surface area contributed by atoms with Gasteiger partial charge < -0.3 is 0 Å². The standard InChI is InChI=1S/C15H8Cl4O/c16-10-3-1-9(2-4-10)15(19)13(8-20)12-6-5-11(17)7-14(12)18/h1-8H/b15-13-. The summed E-state index contributed by atoms with van der Waals surface area (Å²) in [7, 11) is 0. The fraction of sp³-hybridized carbons (Fsp3) is 0. The summed E-state index contributed by atoms with van der Waals surface area (Å²) in [6.45, 7) is 0. The van der Waals surface area contributed by atoms with Crippen molar-refractivity contribution in [1.29, 1.82) is 0 Å². The van der Waals surface area contributed by atoms with Gasteiger partial charge in [-0.05, 0) is 29.8 Å². The molecule has 0 aromatic heterocycles. The molecular weight excluding hydrogens is 338 g/mol. The lowest BCUT2D eigenvalue weighted by molar-refractivity contribution is -0.103. The highest BCUT2D eigenvalue weighted by atomic mass is 35.5. The molecule has 0 aliphatic carbocycles. The molecule has 0 saturated heterocycles. The van der Waals surface area contributed by atoms with Crippen LogP contribution in [0.3, 0.4) is 0 Å². The SMILES string of the molecule is O=C/C(=C(/Cl)c1ccc(Cl)cc1)c1ccc(Cl)cc1Cl. The Morgan fingerprint density at radius 1 is 0.900 bits per heavy atom. The first-order valence-corrected chi connectivity index (χ1v) is 7.10. The monoisotopic (exact) mass is 344 g/mol. The lowest BCUT2D eigenvalue weighted by Crippen LogP contribution is -1.91. The van der Waals surface area contributed by atoms with Gasteiger partial charge in [0.2, 0.25) is 0 Å². The Morgan fingerprint density at radius 3 is 2.05 bits per heavy atom. The van der Waals surface area contributed by atoms with E-state index in [-0.39, 0.29) is 0 Å². The Labute approximate surface area is 136 Å². The Morgan fingerprint density at radius 2 is 1.50 bits per heavy atom.